The zero-order valence-corrected chi connectivity index (χ0v) is 37.9. The smallest absolute Gasteiger partial charge is 0.306 e. The molecule has 0 spiro atoms. The minimum atomic E-state index is -0.803. The van der Waals surface area contributed by atoms with Crippen LogP contribution in [0.5, 0.6) is 0 Å². The molecule has 0 aromatic carbocycles. The molecule has 0 aliphatic rings. The van der Waals surface area contributed by atoms with Gasteiger partial charge in [0.05, 0.1) is 0 Å². The first kappa shape index (κ1) is 54.6. The number of rotatable bonds is 44. The van der Waals surface area contributed by atoms with E-state index in [1.54, 1.807) is 0 Å². The maximum Gasteiger partial charge on any atom is 0.306 e. The Morgan fingerprint density at radius 1 is 0.351 bits per heavy atom. The summed E-state index contributed by atoms with van der Waals surface area (Å²) in [5, 5.41) is 0. The highest BCUT2D eigenvalue weighted by Crippen LogP contribution is 2.14. The summed E-state index contributed by atoms with van der Waals surface area (Å²) in [4.78, 5) is 37.8. The second-order valence-electron chi connectivity index (χ2n) is 16.4. The molecule has 1 atom stereocenters. The summed E-state index contributed by atoms with van der Waals surface area (Å²) in [6.07, 6.45) is 52.8. The Labute approximate surface area is 353 Å². The van der Waals surface area contributed by atoms with Gasteiger partial charge in [-0.15, -0.1) is 0 Å². The molecular formula is C51H92O6. The Kier molecular flexibility index (Phi) is 44.4. The molecular weight excluding hydrogens is 709 g/mol. The lowest BCUT2D eigenvalue weighted by Gasteiger charge is -2.18. The van der Waals surface area contributed by atoms with Crippen molar-refractivity contribution in [2.75, 3.05) is 13.2 Å². The molecule has 0 aromatic heterocycles. The normalized spacial score (nSPS) is 12.3. The first-order chi connectivity index (χ1) is 28.0. The summed E-state index contributed by atoms with van der Waals surface area (Å²) in [6, 6.07) is 0. The van der Waals surface area contributed by atoms with Crippen molar-refractivity contribution in [1.82, 2.24) is 0 Å². The molecule has 0 saturated heterocycles. The first-order valence-electron chi connectivity index (χ1n) is 24.5. The fraction of sp³-hybridized carbons (Fsp3) is 0.824. The first-order valence-corrected chi connectivity index (χ1v) is 24.5. The topological polar surface area (TPSA) is 78.9 Å². The predicted molar refractivity (Wildman–Crippen MR) is 242 cm³/mol. The van der Waals surface area contributed by atoms with Gasteiger partial charge in [0, 0.05) is 19.3 Å². The zero-order chi connectivity index (χ0) is 41.5. The minimum Gasteiger partial charge on any atom is -0.462 e. The van der Waals surface area contributed by atoms with Crippen molar-refractivity contribution < 1.29 is 28.6 Å². The molecule has 0 rings (SSSR count). The molecule has 0 heterocycles. The van der Waals surface area contributed by atoms with Crippen LogP contribution in [0.4, 0.5) is 0 Å². The number of allylic oxidation sites excluding steroid dienone is 6. The molecule has 6 heteroatoms. The number of hydrogen-bond acceptors (Lipinski definition) is 6. The van der Waals surface area contributed by atoms with E-state index in [0.717, 1.165) is 64.2 Å². The van der Waals surface area contributed by atoms with Crippen molar-refractivity contribution >= 4 is 17.9 Å². The van der Waals surface area contributed by atoms with Gasteiger partial charge in [-0.05, 0) is 64.2 Å². The quantitative estimate of drug-likeness (QED) is 0.0264. The summed E-state index contributed by atoms with van der Waals surface area (Å²) in [7, 11) is 0. The number of carbonyl (C=O) groups is 3. The molecule has 0 bridgehead atoms. The lowest BCUT2D eigenvalue weighted by Crippen LogP contribution is -2.30. The van der Waals surface area contributed by atoms with Crippen molar-refractivity contribution in [2.24, 2.45) is 0 Å². The molecule has 0 fully saturated rings. The van der Waals surface area contributed by atoms with E-state index < -0.39 is 6.10 Å². The molecule has 0 radical (unpaired) electrons. The molecule has 0 saturated carbocycles. The third-order valence-electron chi connectivity index (χ3n) is 10.6. The lowest BCUT2D eigenvalue weighted by molar-refractivity contribution is -0.166. The second kappa shape index (κ2) is 46.3. The van der Waals surface area contributed by atoms with Crippen LogP contribution in [0.2, 0.25) is 0 Å². The Bertz CT molecular complexity index is 969. The summed E-state index contributed by atoms with van der Waals surface area (Å²) < 4.78 is 16.7. The van der Waals surface area contributed by atoms with Crippen molar-refractivity contribution in [1.29, 1.82) is 0 Å². The molecule has 0 amide bonds. The van der Waals surface area contributed by atoms with Gasteiger partial charge in [0.2, 0.25) is 0 Å². The lowest BCUT2D eigenvalue weighted by atomic mass is 10.0. The average molecular weight is 801 g/mol. The second-order valence-corrected chi connectivity index (χ2v) is 16.4. The Balaban J connectivity index is 4.44. The van der Waals surface area contributed by atoms with E-state index in [4.69, 9.17) is 14.2 Å². The van der Waals surface area contributed by atoms with Gasteiger partial charge in [-0.25, -0.2) is 0 Å². The van der Waals surface area contributed by atoms with E-state index >= 15 is 0 Å². The van der Waals surface area contributed by atoms with Gasteiger partial charge in [-0.3, -0.25) is 14.4 Å². The van der Waals surface area contributed by atoms with Crippen LogP contribution in [0.3, 0.4) is 0 Å². The van der Waals surface area contributed by atoms with Crippen molar-refractivity contribution in [3.63, 3.8) is 0 Å². The van der Waals surface area contributed by atoms with Gasteiger partial charge in [-0.1, -0.05) is 205 Å². The van der Waals surface area contributed by atoms with E-state index in [0.29, 0.717) is 19.3 Å². The average Bonchev–Trinajstić information content (AvgIpc) is 3.21. The predicted octanol–water partition coefficient (Wildman–Crippen LogP) is 15.8. The van der Waals surface area contributed by atoms with Gasteiger partial charge in [0.1, 0.15) is 13.2 Å². The van der Waals surface area contributed by atoms with Crippen LogP contribution >= 0.6 is 0 Å². The summed E-state index contributed by atoms with van der Waals surface area (Å²) in [6.45, 7) is 6.56. The molecule has 57 heavy (non-hydrogen) atoms. The number of unbranched alkanes of at least 4 members (excludes halogenated alkanes) is 27. The van der Waals surface area contributed by atoms with Gasteiger partial charge in [0.25, 0.3) is 0 Å². The molecule has 0 aliphatic carbocycles. The highest BCUT2D eigenvalue weighted by atomic mass is 16.6. The number of ether oxygens (including phenoxy) is 3. The van der Waals surface area contributed by atoms with Crippen LogP contribution in [0.15, 0.2) is 36.5 Å². The third-order valence-corrected chi connectivity index (χ3v) is 10.6. The third kappa shape index (κ3) is 44.6. The molecule has 0 aromatic rings. The maximum absolute atomic E-state index is 12.7. The van der Waals surface area contributed by atoms with E-state index in [-0.39, 0.29) is 37.5 Å². The van der Waals surface area contributed by atoms with E-state index in [1.165, 1.54) is 141 Å². The molecule has 0 aliphatic heterocycles. The van der Waals surface area contributed by atoms with E-state index in [1.807, 2.05) is 6.08 Å². The summed E-state index contributed by atoms with van der Waals surface area (Å²) in [5.74, 6) is -0.976. The number of esters is 3. The van der Waals surface area contributed by atoms with Gasteiger partial charge in [-0.2, -0.15) is 0 Å². The summed E-state index contributed by atoms with van der Waals surface area (Å²) >= 11 is 0. The molecule has 6 nitrogen and oxygen atoms in total. The van der Waals surface area contributed by atoms with Crippen LogP contribution in [0.1, 0.15) is 252 Å². The molecule has 1 unspecified atom stereocenters. The van der Waals surface area contributed by atoms with Crippen LogP contribution in [-0.4, -0.2) is 37.2 Å². The van der Waals surface area contributed by atoms with E-state index in [2.05, 4.69) is 51.2 Å². The zero-order valence-electron chi connectivity index (χ0n) is 37.9. The highest BCUT2D eigenvalue weighted by molar-refractivity contribution is 5.71. The standard InChI is InChI=1S/C51H92O6/c1-4-7-10-13-16-19-22-25-27-29-32-35-38-41-44-50(53)56-47-48(46-55-49(52)43-40-37-34-31-28-24-21-18-15-12-9-6-3)57-51(54)45-42-39-36-33-30-26-23-20-17-14-11-8-5-2/h26-27,29-30,36,39,48H,4-25,28,31-35,37-38,40-47H2,1-3H3/b29-27-,30-26-,39-36-. The van der Waals surface area contributed by atoms with Gasteiger partial charge < -0.3 is 14.2 Å². The Morgan fingerprint density at radius 3 is 1.07 bits per heavy atom. The fourth-order valence-corrected chi connectivity index (χ4v) is 6.90. The Hall–Kier alpha value is -2.37. The SMILES string of the molecule is CCCCCCCC/C=C\C/C=C\CCC(=O)OC(COC(=O)CCCCC/C=C\CCCCCCCCC)COC(=O)CCCCCCCCCCCCCC. The monoisotopic (exact) mass is 801 g/mol. The highest BCUT2D eigenvalue weighted by Gasteiger charge is 2.19. The Morgan fingerprint density at radius 2 is 0.667 bits per heavy atom. The van der Waals surface area contributed by atoms with Crippen molar-refractivity contribution in [3.05, 3.63) is 36.5 Å². The van der Waals surface area contributed by atoms with Crippen molar-refractivity contribution in [3.8, 4) is 0 Å². The molecule has 332 valence electrons. The van der Waals surface area contributed by atoms with Crippen LogP contribution < -0.4 is 0 Å². The summed E-state index contributed by atoms with van der Waals surface area (Å²) in [5.41, 5.74) is 0. The van der Waals surface area contributed by atoms with Crippen molar-refractivity contribution in [2.45, 2.75) is 258 Å². The maximum atomic E-state index is 12.7. The molecule has 0 N–H and O–H groups in total. The number of hydrogen-bond donors (Lipinski definition) is 0. The largest absolute Gasteiger partial charge is 0.462 e. The van der Waals surface area contributed by atoms with Crippen LogP contribution in [0.25, 0.3) is 0 Å². The van der Waals surface area contributed by atoms with E-state index in [9.17, 15) is 14.4 Å². The number of carbonyl (C=O) groups excluding carboxylic acids is 3. The van der Waals surface area contributed by atoms with Crippen LogP contribution in [0, 0.1) is 0 Å². The van der Waals surface area contributed by atoms with Crippen LogP contribution in [-0.2, 0) is 28.6 Å². The van der Waals surface area contributed by atoms with Gasteiger partial charge >= 0.3 is 17.9 Å². The van der Waals surface area contributed by atoms with Gasteiger partial charge in [0.15, 0.2) is 6.10 Å². The minimum absolute atomic E-state index is 0.0967. The fourth-order valence-electron chi connectivity index (χ4n) is 6.90.